The first-order valence-electron chi connectivity index (χ1n) is 19.2. The molecule has 9 aromatic carbocycles. The zero-order valence-electron chi connectivity index (χ0n) is 30.8. The van der Waals surface area contributed by atoms with Gasteiger partial charge in [0, 0.05) is 27.5 Å². The van der Waals surface area contributed by atoms with Crippen LogP contribution in [-0.4, -0.2) is 15.0 Å². The Morgan fingerprint density at radius 2 is 0.754 bits per heavy atom. The number of hydrogen-bond acceptors (Lipinski definition) is 4. The highest BCUT2D eigenvalue weighted by atomic mass is 16.3. The summed E-state index contributed by atoms with van der Waals surface area (Å²) >= 11 is 0. The van der Waals surface area contributed by atoms with Gasteiger partial charge in [0.25, 0.3) is 0 Å². The predicted molar refractivity (Wildman–Crippen MR) is 235 cm³/mol. The lowest BCUT2D eigenvalue weighted by atomic mass is 9.96. The van der Waals surface area contributed by atoms with E-state index in [-0.39, 0.29) is 0 Å². The third-order valence-corrected chi connectivity index (χ3v) is 10.9. The zero-order chi connectivity index (χ0) is 37.7. The number of hydrogen-bond donors (Lipinski definition) is 0. The molecule has 0 N–H and O–H groups in total. The van der Waals surface area contributed by atoms with Crippen molar-refractivity contribution in [1.29, 1.82) is 0 Å². The highest BCUT2D eigenvalue weighted by molar-refractivity contribution is 6.16. The molecule has 0 saturated carbocycles. The number of aromatic nitrogens is 3. The summed E-state index contributed by atoms with van der Waals surface area (Å²) in [5, 5.41) is 6.73. The maximum absolute atomic E-state index is 6.70. The van der Waals surface area contributed by atoms with Gasteiger partial charge in [0.05, 0.1) is 0 Å². The zero-order valence-corrected chi connectivity index (χ0v) is 30.8. The van der Waals surface area contributed by atoms with E-state index in [1.165, 1.54) is 16.5 Å². The molecule has 4 heteroatoms. The van der Waals surface area contributed by atoms with Gasteiger partial charge in [-0.25, -0.2) is 15.0 Å². The molecule has 2 heterocycles. The van der Waals surface area contributed by atoms with Crippen LogP contribution >= 0.6 is 0 Å². The van der Waals surface area contributed by atoms with Crippen LogP contribution in [0.1, 0.15) is 0 Å². The van der Waals surface area contributed by atoms with Gasteiger partial charge in [0.1, 0.15) is 11.2 Å². The Bertz CT molecular complexity index is 3280. The first-order valence-corrected chi connectivity index (χ1v) is 19.2. The lowest BCUT2D eigenvalue weighted by Gasteiger charge is -2.12. The van der Waals surface area contributed by atoms with Gasteiger partial charge in [-0.3, -0.25) is 0 Å². The number of fused-ring (bicyclic) bond motifs is 5. The molecule has 0 aliphatic heterocycles. The first kappa shape index (κ1) is 32.7. The summed E-state index contributed by atoms with van der Waals surface area (Å²) in [5.41, 5.74) is 11.1. The summed E-state index contributed by atoms with van der Waals surface area (Å²) in [7, 11) is 0. The van der Waals surface area contributed by atoms with Gasteiger partial charge in [-0.1, -0.05) is 158 Å². The standard InChI is InChI=1S/C53H33N3O/c1-4-13-34(14-5-1)37-21-12-22-43(28-37)51-54-52(44-26-25-41-27-40(23-24-42(41)29-44)35-15-6-2-7-16-35)56-53(55-51)45-31-46(36-17-8-3-9-18-36)50-47-30-38-19-10-11-20-39(38)32-48(47)57-49(50)33-45/h1-33H. The van der Waals surface area contributed by atoms with Crippen molar-refractivity contribution in [3.63, 3.8) is 0 Å². The molecule has 0 unspecified atom stereocenters. The fourth-order valence-electron chi connectivity index (χ4n) is 7.99. The maximum Gasteiger partial charge on any atom is 0.164 e. The third kappa shape index (κ3) is 6.01. The fourth-order valence-corrected chi connectivity index (χ4v) is 7.99. The minimum atomic E-state index is 0.573. The van der Waals surface area contributed by atoms with E-state index in [2.05, 4.69) is 182 Å². The normalized spacial score (nSPS) is 11.5. The SMILES string of the molecule is c1ccc(-c2cccc(-c3nc(-c4ccc5cc(-c6ccccc6)ccc5c4)nc(-c4cc(-c5ccccc5)c5c(c4)oc4cc6ccccc6cc45)n3)c2)cc1. The van der Waals surface area contributed by atoms with Crippen LogP contribution in [0.25, 0.3) is 111 Å². The molecule has 0 bridgehead atoms. The van der Waals surface area contributed by atoms with E-state index < -0.39 is 0 Å². The predicted octanol–water partition coefficient (Wildman–Crippen LogP) is 14.1. The van der Waals surface area contributed by atoms with E-state index in [1.807, 2.05) is 18.2 Å². The third-order valence-electron chi connectivity index (χ3n) is 10.9. The van der Waals surface area contributed by atoms with Crippen LogP contribution in [0.4, 0.5) is 0 Å². The van der Waals surface area contributed by atoms with Crippen LogP contribution in [-0.2, 0) is 0 Å². The van der Waals surface area contributed by atoms with Crippen molar-refractivity contribution in [1.82, 2.24) is 15.0 Å². The second kappa shape index (κ2) is 13.6. The average molecular weight is 728 g/mol. The van der Waals surface area contributed by atoms with Crippen molar-refractivity contribution < 1.29 is 4.42 Å². The van der Waals surface area contributed by atoms with Gasteiger partial charge in [0.15, 0.2) is 17.5 Å². The van der Waals surface area contributed by atoms with Crippen molar-refractivity contribution >= 4 is 43.5 Å². The second-order valence-electron chi connectivity index (χ2n) is 14.5. The van der Waals surface area contributed by atoms with Crippen LogP contribution < -0.4 is 0 Å². The number of furan rings is 1. The van der Waals surface area contributed by atoms with Gasteiger partial charge >= 0.3 is 0 Å². The van der Waals surface area contributed by atoms with Crippen molar-refractivity contribution in [2.24, 2.45) is 0 Å². The molecule has 0 spiro atoms. The topological polar surface area (TPSA) is 51.8 Å². The van der Waals surface area contributed by atoms with Gasteiger partial charge in [-0.2, -0.15) is 0 Å². The molecule has 11 rings (SSSR count). The second-order valence-corrected chi connectivity index (χ2v) is 14.5. The van der Waals surface area contributed by atoms with Crippen molar-refractivity contribution in [2.75, 3.05) is 0 Å². The first-order chi connectivity index (χ1) is 28.2. The Morgan fingerprint density at radius 1 is 0.281 bits per heavy atom. The molecule has 0 amide bonds. The fraction of sp³-hybridized carbons (Fsp3) is 0. The molecule has 2 aromatic heterocycles. The van der Waals surface area contributed by atoms with E-state index in [1.54, 1.807) is 0 Å². The Balaban J connectivity index is 1.12. The smallest absolute Gasteiger partial charge is 0.164 e. The molecule has 0 radical (unpaired) electrons. The van der Waals surface area contributed by atoms with Gasteiger partial charge in [0.2, 0.25) is 0 Å². The highest BCUT2D eigenvalue weighted by Crippen LogP contribution is 2.41. The highest BCUT2D eigenvalue weighted by Gasteiger charge is 2.19. The summed E-state index contributed by atoms with van der Waals surface area (Å²) in [4.78, 5) is 15.6. The molecular formula is C53H33N3O. The van der Waals surface area contributed by atoms with E-state index in [9.17, 15) is 0 Å². The van der Waals surface area contributed by atoms with Crippen LogP contribution in [0, 0.1) is 0 Å². The quantitative estimate of drug-likeness (QED) is 0.171. The summed E-state index contributed by atoms with van der Waals surface area (Å²) in [6.45, 7) is 0. The Hall–Kier alpha value is -7.69. The summed E-state index contributed by atoms with van der Waals surface area (Å²) in [6, 6.07) is 69.9. The monoisotopic (exact) mass is 727 g/mol. The maximum atomic E-state index is 6.70. The number of nitrogens with zero attached hydrogens (tertiary/aromatic N) is 3. The lowest BCUT2D eigenvalue weighted by Crippen LogP contribution is -2.00. The molecule has 0 aliphatic rings. The molecule has 0 saturated heterocycles. The minimum Gasteiger partial charge on any atom is -0.456 e. The summed E-state index contributed by atoms with van der Waals surface area (Å²) < 4.78 is 6.70. The molecular weight excluding hydrogens is 695 g/mol. The van der Waals surface area contributed by atoms with Crippen LogP contribution in [0.5, 0.6) is 0 Å². The largest absolute Gasteiger partial charge is 0.456 e. The van der Waals surface area contributed by atoms with Gasteiger partial charge in [-0.05, 0) is 97.4 Å². The van der Waals surface area contributed by atoms with E-state index in [0.717, 1.165) is 77.0 Å². The minimum absolute atomic E-state index is 0.573. The van der Waals surface area contributed by atoms with E-state index in [4.69, 9.17) is 19.4 Å². The molecule has 4 nitrogen and oxygen atoms in total. The molecule has 11 aromatic rings. The Labute approximate surface area is 329 Å². The molecule has 266 valence electrons. The number of benzene rings is 9. The Kier molecular flexibility index (Phi) is 7.78. The van der Waals surface area contributed by atoms with Crippen LogP contribution in [0.2, 0.25) is 0 Å². The van der Waals surface area contributed by atoms with Crippen molar-refractivity contribution in [3.8, 4) is 67.5 Å². The molecule has 0 aliphatic carbocycles. The summed E-state index contributed by atoms with van der Waals surface area (Å²) in [5.74, 6) is 1.78. The van der Waals surface area contributed by atoms with Crippen LogP contribution in [0.3, 0.4) is 0 Å². The van der Waals surface area contributed by atoms with Crippen molar-refractivity contribution in [2.45, 2.75) is 0 Å². The average Bonchev–Trinajstić information content (AvgIpc) is 3.65. The number of rotatable bonds is 6. The van der Waals surface area contributed by atoms with E-state index in [0.29, 0.717) is 17.5 Å². The van der Waals surface area contributed by atoms with Crippen LogP contribution in [0.15, 0.2) is 205 Å². The lowest BCUT2D eigenvalue weighted by molar-refractivity contribution is 0.669. The summed E-state index contributed by atoms with van der Waals surface area (Å²) in [6.07, 6.45) is 0. The van der Waals surface area contributed by atoms with Gasteiger partial charge in [-0.15, -0.1) is 0 Å². The Morgan fingerprint density at radius 3 is 1.42 bits per heavy atom. The van der Waals surface area contributed by atoms with Crippen molar-refractivity contribution in [3.05, 3.63) is 200 Å². The molecule has 57 heavy (non-hydrogen) atoms. The molecule has 0 fully saturated rings. The molecule has 0 atom stereocenters. The van der Waals surface area contributed by atoms with E-state index >= 15 is 0 Å². The van der Waals surface area contributed by atoms with Gasteiger partial charge < -0.3 is 4.42 Å².